The number of carbonyl (C=O) groups is 2. The van der Waals surface area contributed by atoms with Crippen molar-refractivity contribution in [3.05, 3.63) is 22.3 Å². The maximum absolute atomic E-state index is 12.2. The molecule has 3 N–H and O–H groups in total. The zero-order valence-electron chi connectivity index (χ0n) is 12.7. The third kappa shape index (κ3) is 6.12. The Balaban J connectivity index is 2.71. The number of amides is 2. The first-order valence-corrected chi connectivity index (χ1v) is 7.51. The summed E-state index contributed by atoms with van der Waals surface area (Å²) in [5.41, 5.74) is 0.0726. The normalized spacial score (nSPS) is 10.9. The van der Waals surface area contributed by atoms with Gasteiger partial charge in [0.2, 0.25) is 5.91 Å². The lowest BCUT2D eigenvalue weighted by Crippen LogP contribution is -2.45. The average molecular weight is 357 g/mol. The Morgan fingerprint density at radius 2 is 2.00 bits per heavy atom. The van der Waals surface area contributed by atoms with E-state index in [2.05, 4.69) is 36.9 Å². The highest BCUT2D eigenvalue weighted by Gasteiger charge is 2.17. The van der Waals surface area contributed by atoms with Crippen molar-refractivity contribution in [2.75, 3.05) is 18.4 Å². The molecule has 0 aromatic carbocycles. The van der Waals surface area contributed by atoms with Crippen molar-refractivity contribution in [3.63, 3.8) is 0 Å². The molecule has 0 atom stereocenters. The molecule has 0 aliphatic carbocycles. The molecule has 0 aliphatic rings. The van der Waals surface area contributed by atoms with E-state index in [9.17, 15) is 9.59 Å². The van der Waals surface area contributed by atoms with Crippen molar-refractivity contribution >= 4 is 33.6 Å². The highest BCUT2D eigenvalue weighted by atomic mass is 79.9. The summed E-state index contributed by atoms with van der Waals surface area (Å²) in [4.78, 5) is 28.0. The molecule has 0 saturated carbocycles. The Kier molecular flexibility index (Phi) is 6.14. The summed E-state index contributed by atoms with van der Waals surface area (Å²) in [5, 5.41) is 8.40. The lowest BCUT2D eigenvalue weighted by Gasteiger charge is -2.20. The zero-order chi connectivity index (χ0) is 16.0. The number of anilines is 1. The number of carbonyl (C=O) groups excluding carboxylic acids is 2. The van der Waals surface area contributed by atoms with Gasteiger partial charge in [0.1, 0.15) is 5.82 Å². The molecule has 0 radical (unpaired) electrons. The van der Waals surface area contributed by atoms with E-state index in [0.717, 1.165) is 0 Å². The summed E-state index contributed by atoms with van der Waals surface area (Å²) in [6.07, 6.45) is 1.61. The Morgan fingerprint density at radius 1 is 1.33 bits per heavy atom. The van der Waals surface area contributed by atoms with Crippen molar-refractivity contribution < 1.29 is 9.59 Å². The minimum atomic E-state index is -0.344. The molecule has 0 fully saturated rings. The fourth-order valence-electron chi connectivity index (χ4n) is 1.64. The van der Waals surface area contributed by atoms with Gasteiger partial charge in [-0.05, 0) is 49.7 Å². The molecule has 1 aromatic heterocycles. The van der Waals surface area contributed by atoms with Crippen LogP contribution < -0.4 is 16.0 Å². The van der Waals surface area contributed by atoms with Crippen LogP contribution in [0.5, 0.6) is 0 Å². The average Bonchev–Trinajstić information content (AvgIpc) is 2.36. The summed E-state index contributed by atoms with van der Waals surface area (Å²) < 4.78 is 0.702. The fourth-order valence-corrected chi connectivity index (χ4v) is 1.97. The monoisotopic (exact) mass is 356 g/mol. The van der Waals surface area contributed by atoms with Gasteiger partial charge < -0.3 is 16.0 Å². The van der Waals surface area contributed by atoms with Crippen LogP contribution in [0.4, 0.5) is 5.82 Å². The molecular formula is C14H21BrN4O2. The minimum Gasteiger partial charge on any atom is -0.370 e. The molecular weight excluding hydrogens is 336 g/mol. The van der Waals surface area contributed by atoms with Crippen molar-refractivity contribution in [3.8, 4) is 0 Å². The van der Waals surface area contributed by atoms with Crippen molar-refractivity contribution in [1.82, 2.24) is 15.6 Å². The first-order chi connectivity index (χ1) is 9.73. The SMILES string of the molecule is CCNc1ncc(Br)cc1C(=O)NCC(=O)NC(C)(C)C. The van der Waals surface area contributed by atoms with E-state index < -0.39 is 0 Å². The summed E-state index contributed by atoms with van der Waals surface area (Å²) in [7, 11) is 0. The van der Waals surface area contributed by atoms with E-state index in [-0.39, 0.29) is 23.9 Å². The third-order valence-corrected chi connectivity index (χ3v) is 2.80. The quantitative estimate of drug-likeness (QED) is 0.752. The van der Waals surface area contributed by atoms with Crippen LogP contribution in [-0.2, 0) is 4.79 Å². The summed E-state index contributed by atoms with van der Waals surface area (Å²) >= 11 is 3.29. The van der Waals surface area contributed by atoms with Gasteiger partial charge in [0.05, 0.1) is 12.1 Å². The molecule has 116 valence electrons. The van der Waals surface area contributed by atoms with Gasteiger partial charge in [0.15, 0.2) is 0 Å². The maximum atomic E-state index is 12.2. The Morgan fingerprint density at radius 3 is 2.57 bits per heavy atom. The molecule has 7 heteroatoms. The summed E-state index contributed by atoms with van der Waals surface area (Å²) in [5.74, 6) is -0.0814. The molecule has 0 aliphatic heterocycles. The molecule has 1 aromatic rings. The van der Waals surface area contributed by atoms with E-state index in [0.29, 0.717) is 22.4 Å². The number of pyridine rings is 1. The lowest BCUT2D eigenvalue weighted by molar-refractivity contribution is -0.121. The van der Waals surface area contributed by atoms with Crippen LogP contribution in [0, 0.1) is 0 Å². The topological polar surface area (TPSA) is 83.1 Å². The number of hydrogen-bond acceptors (Lipinski definition) is 4. The van der Waals surface area contributed by atoms with Gasteiger partial charge in [-0.1, -0.05) is 0 Å². The Labute approximate surface area is 133 Å². The molecule has 0 saturated heterocycles. The second kappa shape index (κ2) is 7.40. The van der Waals surface area contributed by atoms with Crippen LogP contribution in [0.15, 0.2) is 16.7 Å². The first kappa shape index (κ1) is 17.4. The van der Waals surface area contributed by atoms with E-state index in [4.69, 9.17) is 0 Å². The maximum Gasteiger partial charge on any atom is 0.255 e. The van der Waals surface area contributed by atoms with Crippen LogP contribution in [0.3, 0.4) is 0 Å². The van der Waals surface area contributed by atoms with Gasteiger partial charge in [-0.15, -0.1) is 0 Å². The fraction of sp³-hybridized carbons (Fsp3) is 0.500. The van der Waals surface area contributed by atoms with Crippen LogP contribution in [0.1, 0.15) is 38.1 Å². The Bertz CT molecular complexity index is 526. The molecule has 0 bridgehead atoms. The van der Waals surface area contributed by atoms with E-state index >= 15 is 0 Å². The number of halogens is 1. The standard InChI is InChI=1S/C14H21BrN4O2/c1-5-16-12-10(6-9(15)7-17-12)13(21)18-8-11(20)19-14(2,3)4/h6-7H,5,8H2,1-4H3,(H,16,17)(H,18,21)(H,19,20). The number of nitrogens with one attached hydrogen (secondary N) is 3. The molecule has 1 heterocycles. The predicted octanol–water partition coefficient (Wildman–Crippen LogP) is 1.92. The third-order valence-electron chi connectivity index (χ3n) is 2.37. The smallest absolute Gasteiger partial charge is 0.255 e. The highest BCUT2D eigenvalue weighted by molar-refractivity contribution is 9.10. The predicted molar refractivity (Wildman–Crippen MR) is 86.3 cm³/mol. The molecule has 21 heavy (non-hydrogen) atoms. The van der Waals surface area contributed by atoms with Crippen molar-refractivity contribution in [2.24, 2.45) is 0 Å². The summed E-state index contributed by atoms with van der Waals surface area (Å²) in [6, 6.07) is 1.67. The molecule has 0 spiro atoms. The van der Waals surface area contributed by atoms with Gasteiger partial charge in [-0.25, -0.2) is 4.98 Å². The van der Waals surface area contributed by atoms with Crippen molar-refractivity contribution in [1.29, 1.82) is 0 Å². The van der Waals surface area contributed by atoms with Gasteiger partial charge in [0, 0.05) is 22.8 Å². The number of nitrogens with zero attached hydrogens (tertiary/aromatic N) is 1. The zero-order valence-corrected chi connectivity index (χ0v) is 14.3. The Hall–Kier alpha value is -1.63. The largest absolute Gasteiger partial charge is 0.370 e. The molecule has 2 amide bonds. The second-order valence-electron chi connectivity index (χ2n) is 5.56. The van der Waals surface area contributed by atoms with Gasteiger partial charge in [-0.2, -0.15) is 0 Å². The summed E-state index contributed by atoms with van der Waals surface area (Å²) in [6.45, 7) is 8.15. The lowest BCUT2D eigenvalue weighted by atomic mass is 10.1. The minimum absolute atomic E-state index is 0.0752. The van der Waals surface area contributed by atoms with Gasteiger partial charge >= 0.3 is 0 Å². The van der Waals surface area contributed by atoms with E-state index in [1.165, 1.54) is 0 Å². The van der Waals surface area contributed by atoms with Crippen LogP contribution >= 0.6 is 15.9 Å². The van der Waals surface area contributed by atoms with Gasteiger partial charge in [-0.3, -0.25) is 9.59 Å². The number of hydrogen-bond donors (Lipinski definition) is 3. The molecule has 0 unspecified atom stereocenters. The second-order valence-corrected chi connectivity index (χ2v) is 6.48. The van der Waals surface area contributed by atoms with Gasteiger partial charge in [0.25, 0.3) is 5.91 Å². The first-order valence-electron chi connectivity index (χ1n) is 6.71. The van der Waals surface area contributed by atoms with E-state index in [1.807, 2.05) is 27.7 Å². The number of aromatic nitrogens is 1. The molecule has 6 nitrogen and oxygen atoms in total. The van der Waals surface area contributed by atoms with Crippen LogP contribution in [0.25, 0.3) is 0 Å². The van der Waals surface area contributed by atoms with Crippen molar-refractivity contribution in [2.45, 2.75) is 33.2 Å². The molecule has 1 rings (SSSR count). The van der Waals surface area contributed by atoms with Crippen LogP contribution in [0.2, 0.25) is 0 Å². The number of rotatable bonds is 5. The van der Waals surface area contributed by atoms with E-state index in [1.54, 1.807) is 12.3 Å². The van der Waals surface area contributed by atoms with Crippen LogP contribution in [-0.4, -0.2) is 35.4 Å². The highest BCUT2D eigenvalue weighted by Crippen LogP contribution is 2.17.